The molecule has 2 atom stereocenters. The predicted octanol–water partition coefficient (Wildman–Crippen LogP) is 2.79. The Bertz CT molecular complexity index is 279. The van der Waals surface area contributed by atoms with Gasteiger partial charge in [-0.05, 0) is 12.8 Å². The van der Waals surface area contributed by atoms with Crippen LogP contribution in [0.4, 0.5) is 0 Å². The molecule has 19 heavy (non-hydrogen) atoms. The third kappa shape index (κ3) is 18.9. The quantitative estimate of drug-likeness (QED) is 0.308. The molecule has 0 aliphatic carbocycles. The Morgan fingerprint density at radius 3 is 1.47 bits per heavy atom. The summed E-state index contributed by atoms with van der Waals surface area (Å²) in [4.78, 5) is 18.6. The normalized spacial score (nSPS) is 16.6. The van der Waals surface area contributed by atoms with Crippen LogP contribution in [0.3, 0.4) is 0 Å². The summed E-state index contributed by atoms with van der Waals surface area (Å²) >= 11 is -0.0172. The minimum atomic E-state index is -4.11. The summed E-state index contributed by atoms with van der Waals surface area (Å²) < 4.78 is 32.2. The molecule has 0 saturated heterocycles. The summed E-state index contributed by atoms with van der Waals surface area (Å²) in [5.41, 5.74) is 0. The van der Waals surface area contributed by atoms with Gasteiger partial charge in [0, 0.05) is 138 Å². The van der Waals surface area contributed by atoms with Crippen LogP contribution in [0.2, 0.25) is 0 Å². The van der Waals surface area contributed by atoms with Crippen LogP contribution in [0.5, 0.6) is 0 Å². The molecule has 0 aromatic heterocycles. The molecular weight excluding hydrogens is 552 g/mol. The van der Waals surface area contributed by atoms with Crippen molar-refractivity contribution in [2.45, 2.75) is 39.5 Å². The molecule has 0 bridgehead atoms. The van der Waals surface area contributed by atoms with Crippen molar-refractivity contribution in [1.82, 2.24) is 0 Å². The zero-order valence-electron chi connectivity index (χ0n) is 12.1. The van der Waals surface area contributed by atoms with Crippen LogP contribution in [0.15, 0.2) is 0 Å². The molecule has 2 radical (unpaired) electrons. The summed E-state index contributed by atoms with van der Waals surface area (Å²) in [5, 5.41) is 0. The van der Waals surface area contributed by atoms with Gasteiger partial charge in [0.25, 0.3) is 0 Å². The number of hydrogen-bond acceptors (Lipinski definition) is 5. The van der Waals surface area contributed by atoms with Gasteiger partial charge < -0.3 is 18.8 Å². The van der Waals surface area contributed by atoms with Crippen molar-refractivity contribution in [3.05, 3.63) is 0 Å². The third-order valence-corrected chi connectivity index (χ3v) is 8.73. The molecule has 0 aromatic carbocycles. The zero-order chi connectivity index (χ0) is 13.4. The van der Waals surface area contributed by atoms with E-state index >= 15 is 0 Å². The predicted molar refractivity (Wildman–Crippen MR) is 80.5 cm³/mol. The van der Waals surface area contributed by atoms with Gasteiger partial charge in [-0.3, -0.25) is 0 Å². The van der Waals surface area contributed by atoms with Crippen molar-refractivity contribution in [3.63, 3.8) is 0 Å². The van der Waals surface area contributed by atoms with E-state index in [9.17, 15) is 18.9 Å². The van der Waals surface area contributed by atoms with E-state index in [1.54, 1.807) is 0 Å². The molecule has 0 aromatic rings. The first kappa shape index (κ1) is 28.6. The maximum Gasteiger partial charge on any atom is 0.397 e. The number of rotatable bonds is 10. The molecule has 11 heteroatoms. The fourth-order valence-corrected chi connectivity index (χ4v) is 6.61. The van der Waals surface area contributed by atoms with Crippen LogP contribution in [0.1, 0.15) is 39.5 Å². The summed E-state index contributed by atoms with van der Waals surface area (Å²) in [6.07, 6.45) is 2.87. The average Bonchev–Trinajstić information content (AvgIpc) is 2.16. The Kier molecular flexibility index (Phi) is 24.4. The molecule has 106 valence electrons. The van der Waals surface area contributed by atoms with E-state index in [-0.39, 0.29) is 162 Å². The molecule has 2 unspecified atom stereocenters. The van der Waals surface area contributed by atoms with Crippen molar-refractivity contribution in [1.29, 1.82) is 0 Å². The van der Waals surface area contributed by atoms with Gasteiger partial charge in [0.1, 0.15) is 0 Å². The molecule has 0 aliphatic heterocycles. The summed E-state index contributed by atoms with van der Waals surface area (Å²) in [6.45, 7) is -4.24. The van der Waals surface area contributed by atoms with Crippen LogP contribution in [0, 0.1) is 0 Å². The van der Waals surface area contributed by atoms with Gasteiger partial charge in [-0.15, -0.1) is 0 Å². The van der Waals surface area contributed by atoms with Crippen LogP contribution in [0.25, 0.3) is 0 Å². The maximum absolute atomic E-state index is 11.4. The van der Waals surface area contributed by atoms with E-state index in [1.807, 2.05) is 13.8 Å². The Morgan fingerprint density at radius 1 is 0.895 bits per heavy atom. The summed E-state index contributed by atoms with van der Waals surface area (Å²) in [7, 11) is 0. The van der Waals surface area contributed by atoms with Crippen LogP contribution < -0.4 is 0 Å². The second-order valence-corrected chi connectivity index (χ2v) is 10.7. The standard InChI is InChI=1S/C8H20O6P2S.2Cs/c1-3-5-7-13-15(9,10)17-16(11,12)14-8-6-4-2;;/h3-8H2,1-2H3,(H,9,10)(H,11,12);;. The molecule has 0 saturated carbocycles. The molecule has 6 nitrogen and oxygen atoms in total. The molecule has 0 amide bonds. The molecule has 0 aliphatic rings. The zero-order valence-corrected chi connectivity index (χ0v) is 27.2. The molecule has 0 fully saturated rings. The largest absolute Gasteiger partial charge is 0.397 e. The van der Waals surface area contributed by atoms with Crippen molar-refractivity contribution >= 4 is 162 Å². The number of hydrogen-bond donors (Lipinski definition) is 2. The van der Waals surface area contributed by atoms with Crippen molar-refractivity contribution in [2.24, 2.45) is 0 Å². The van der Waals surface area contributed by atoms with Crippen LogP contribution >= 0.6 is 24.6 Å². The van der Waals surface area contributed by atoms with E-state index in [2.05, 4.69) is 9.05 Å². The van der Waals surface area contributed by atoms with Crippen LogP contribution in [-0.2, 0) is 18.2 Å². The van der Waals surface area contributed by atoms with Gasteiger partial charge in [-0.2, -0.15) is 0 Å². The van der Waals surface area contributed by atoms with Crippen molar-refractivity contribution in [2.75, 3.05) is 13.2 Å². The summed E-state index contributed by atoms with van der Waals surface area (Å²) in [6, 6.07) is 0. The van der Waals surface area contributed by atoms with Crippen molar-refractivity contribution in [3.8, 4) is 0 Å². The SMILES string of the molecule is CCCCOP(=O)(O)SP(=O)(O)OCCCC.[Cs].[Cs]. The first-order valence-electron chi connectivity index (χ1n) is 5.49. The van der Waals surface area contributed by atoms with Gasteiger partial charge in [0.15, 0.2) is 0 Å². The van der Waals surface area contributed by atoms with E-state index in [0.717, 1.165) is 12.8 Å². The second kappa shape index (κ2) is 16.2. The van der Waals surface area contributed by atoms with E-state index < -0.39 is 13.6 Å². The van der Waals surface area contributed by atoms with Gasteiger partial charge in [-0.1, -0.05) is 26.7 Å². The Hall–Kier alpha value is 4.75. The third-order valence-electron chi connectivity index (χ3n) is 1.71. The van der Waals surface area contributed by atoms with E-state index in [4.69, 9.17) is 0 Å². The molecule has 0 spiro atoms. The van der Waals surface area contributed by atoms with Crippen molar-refractivity contribution < 1.29 is 28.0 Å². The molecular formula is C8H20Cs2O6P2S. The Balaban J connectivity index is -0.00000128. The van der Waals surface area contributed by atoms with Gasteiger partial charge in [0.05, 0.1) is 24.2 Å². The first-order valence-corrected chi connectivity index (χ1v) is 10.7. The Labute approximate surface area is 236 Å². The minimum absolute atomic E-state index is 0. The molecule has 0 rings (SSSR count). The minimum Gasteiger partial charge on any atom is -0.316 e. The monoisotopic (exact) mass is 572 g/mol. The van der Waals surface area contributed by atoms with E-state index in [1.165, 1.54) is 0 Å². The van der Waals surface area contributed by atoms with Gasteiger partial charge in [0.2, 0.25) is 0 Å². The maximum atomic E-state index is 11.4. The van der Waals surface area contributed by atoms with E-state index in [0.29, 0.717) is 12.8 Å². The smallest absolute Gasteiger partial charge is 0.316 e. The fraction of sp³-hybridized carbons (Fsp3) is 1.00. The fourth-order valence-electron chi connectivity index (χ4n) is 0.826. The Morgan fingerprint density at radius 2 is 1.21 bits per heavy atom. The topological polar surface area (TPSA) is 93.1 Å². The summed E-state index contributed by atoms with van der Waals surface area (Å²) in [5.74, 6) is 0. The number of unbranched alkanes of at least 4 members (excludes halogenated alkanes) is 2. The average molecular weight is 572 g/mol. The second-order valence-electron chi connectivity index (χ2n) is 3.39. The molecule has 2 N–H and O–H groups in total. The first-order chi connectivity index (χ1) is 7.83. The van der Waals surface area contributed by atoms with Gasteiger partial charge in [-0.25, -0.2) is 9.13 Å². The van der Waals surface area contributed by atoms with Gasteiger partial charge >= 0.3 is 13.6 Å². The van der Waals surface area contributed by atoms with Crippen LogP contribution in [-0.4, -0.2) is 161 Å². The molecule has 0 heterocycles.